The van der Waals surface area contributed by atoms with Gasteiger partial charge < -0.3 is 39.8 Å². The highest BCUT2D eigenvalue weighted by Gasteiger charge is 2.41. The number of rotatable bonds is 12. The molecule has 1 heterocycles. The minimum absolute atomic E-state index is 0.000653. The number of carboxylic acid groups (broad SMARTS) is 1. The fourth-order valence-corrected chi connectivity index (χ4v) is 5.02. The van der Waals surface area contributed by atoms with Gasteiger partial charge in [-0.1, -0.05) is 18.2 Å². The molecular formula is C32H35F3N4O8. The first-order chi connectivity index (χ1) is 22.3. The molecule has 0 spiro atoms. The Kier molecular flexibility index (Phi) is 10.9. The third-order valence-electron chi connectivity index (χ3n) is 7.75. The zero-order valence-corrected chi connectivity index (χ0v) is 26.1. The molecule has 2 amide bonds. The number of amides is 2. The molecule has 1 aliphatic rings. The number of ether oxygens (including phenoxy) is 3. The van der Waals surface area contributed by atoms with Crippen molar-refractivity contribution in [3.05, 3.63) is 65.2 Å². The van der Waals surface area contributed by atoms with E-state index in [1.807, 2.05) is 6.92 Å². The minimum Gasteiger partial charge on any atom is -0.496 e. The van der Waals surface area contributed by atoms with Crippen LogP contribution in [-0.4, -0.2) is 99.5 Å². The van der Waals surface area contributed by atoms with Gasteiger partial charge in [-0.25, -0.2) is 9.59 Å². The van der Waals surface area contributed by atoms with E-state index in [0.29, 0.717) is 28.6 Å². The van der Waals surface area contributed by atoms with Crippen LogP contribution < -0.4 is 25.0 Å². The molecule has 0 saturated heterocycles. The van der Waals surface area contributed by atoms with Crippen LogP contribution in [0.1, 0.15) is 33.2 Å². The van der Waals surface area contributed by atoms with Crippen LogP contribution in [0.3, 0.4) is 0 Å². The lowest BCUT2D eigenvalue weighted by Gasteiger charge is -2.27. The van der Waals surface area contributed by atoms with Gasteiger partial charge in [-0.3, -0.25) is 9.59 Å². The number of nitrogens with zero attached hydrogens (tertiary/aromatic N) is 2. The molecule has 1 aliphatic heterocycles. The summed E-state index contributed by atoms with van der Waals surface area (Å²) in [7, 11) is 4.58. The number of benzene rings is 3. The number of hydrogen-bond acceptors (Lipinski definition) is 9. The van der Waals surface area contributed by atoms with Crippen molar-refractivity contribution < 1.29 is 51.7 Å². The molecule has 0 aliphatic carbocycles. The van der Waals surface area contributed by atoms with Crippen LogP contribution in [0.25, 0.3) is 10.8 Å². The molecule has 3 N–H and O–H groups in total. The lowest BCUT2D eigenvalue weighted by atomic mass is 10.00. The van der Waals surface area contributed by atoms with Gasteiger partial charge >= 0.3 is 18.1 Å². The van der Waals surface area contributed by atoms with E-state index >= 15 is 0 Å². The summed E-state index contributed by atoms with van der Waals surface area (Å²) < 4.78 is 53.6. The molecule has 15 heteroatoms. The van der Waals surface area contributed by atoms with Crippen LogP contribution in [0.2, 0.25) is 0 Å². The van der Waals surface area contributed by atoms with Gasteiger partial charge in [0.2, 0.25) is 5.91 Å². The lowest BCUT2D eigenvalue weighted by Crippen LogP contribution is -2.51. The number of carboxylic acids is 1. The quantitative estimate of drug-likeness (QED) is 0.248. The zero-order valence-electron chi connectivity index (χ0n) is 26.1. The predicted octanol–water partition coefficient (Wildman–Crippen LogP) is 3.22. The summed E-state index contributed by atoms with van der Waals surface area (Å²) in [5.41, 5.74) is 0.947. The molecule has 0 bridgehead atoms. The van der Waals surface area contributed by atoms with Crippen molar-refractivity contribution in [2.45, 2.75) is 31.7 Å². The Balaban J connectivity index is 1.74. The maximum Gasteiger partial charge on any atom is 0.490 e. The van der Waals surface area contributed by atoms with Gasteiger partial charge in [0.05, 0.1) is 37.0 Å². The molecule has 3 aromatic carbocycles. The average Bonchev–Trinajstić information content (AvgIpc) is 3.18. The van der Waals surface area contributed by atoms with E-state index in [1.54, 1.807) is 37.4 Å². The zero-order chi connectivity index (χ0) is 34.5. The topological polar surface area (TPSA) is 147 Å². The van der Waals surface area contributed by atoms with Crippen molar-refractivity contribution in [1.29, 1.82) is 0 Å². The van der Waals surface area contributed by atoms with E-state index in [2.05, 4.69) is 15.4 Å². The van der Waals surface area contributed by atoms with E-state index < -0.39 is 36.7 Å². The second-order valence-corrected chi connectivity index (χ2v) is 10.9. The minimum atomic E-state index is -5.16. The molecule has 252 valence electrons. The van der Waals surface area contributed by atoms with Crippen LogP contribution in [0.5, 0.6) is 11.5 Å². The number of likely N-dealkylation sites (N-methyl/N-ethyl adjacent to an activating group) is 2. The van der Waals surface area contributed by atoms with Gasteiger partial charge in [-0.15, -0.1) is 0 Å². The monoisotopic (exact) mass is 660 g/mol. The summed E-state index contributed by atoms with van der Waals surface area (Å²) in [6.45, 7) is 1.09. The summed E-state index contributed by atoms with van der Waals surface area (Å²) in [5, 5.41) is 17.0. The summed E-state index contributed by atoms with van der Waals surface area (Å²) in [6, 6.07) is 11.8. The van der Waals surface area contributed by atoms with Gasteiger partial charge in [-0.05, 0) is 55.1 Å². The van der Waals surface area contributed by atoms with Crippen molar-refractivity contribution in [3.63, 3.8) is 0 Å². The molecule has 47 heavy (non-hydrogen) atoms. The second kappa shape index (κ2) is 14.7. The van der Waals surface area contributed by atoms with Gasteiger partial charge in [0, 0.05) is 25.2 Å². The van der Waals surface area contributed by atoms with Gasteiger partial charge in [0.25, 0.3) is 5.91 Å². The molecule has 4 rings (SSSR count). The standard InChI is InChI=1S/C32H35F3N4O8/c1-18(36-2)15-37-24-17-47-27-22(28(40)38(3)12-13-46-31(44)32(33,34)35)6-5-7-25(27)39(29(24)41)16-23-21-10-8-20(30(42)43)14-19(21)9-11-26(23)45-4/h5-11,14,18,24,36-37H,12-13,15-17H2,1-4H3,(H,42,43)/t18-,24-/m0/s1. The largest absolute Gasteiger partial charge is 0.496 e. The number of aromatic carboxylic acids is 1. The van der Waals surface area contributed by atoms with E-state index in [9.17, 15) is 37.5 Å². The predicted molar refractivity (Wildman–Crippen MR) is 165 cm³/mol. The third-order valence-corrected chi connectivity index (χ3v) is 7.75. The Bertz CT molecular complexity index is 1670. The second-order valence-electron chi connectivity index (χ2n) is 10.9. The molecule has 0 saturated carbocycles. The summed E-state index contributed by atoms with van der Waals surface area (Å²) in [6.07, 6.45) is -5.16. The fraction of sp³-hybridized carbons (Fsp3) is 0.375. The summed E-state index contributed by atoms with van der Waals surface area (Å²) in [4.78, 5) is 53.0. The number of carbonyl (C=O) groups is 4. The number of nitrogens with one attached hydrogen (secondary N) is 2. The van der Waals surface area contributed by atoms with Crippen LogP contribution >= 0.6 is 0 Å². The van der Waals surface area contributed by atoms with Crippen LogP contribution in [0, 0.1) is 0 Å². The van der Waals surface area contributed by atoms with Crippen molar-refractivity contribution in [2.24, 2.45) is 0 Å². The van der Waals surface area contributed by atoms with Crippen molar-refractivity contribution in [1.82, 2.24) is 15.5 Å². The van der Waals surface area contributed by atoms with Crippen molar-refractivity contribution in [2.75, 3.05) is 52.4 Å². The Morgan fingerprint density at radius 2 is 1.91 bits per heavy atom. The highest BCUT2D eigenvalue weighted by molar-refractivity contribution is 6.05. The van der Waals surface area contributed by atoms with E-state index in [1.165, 1.54) is 37.3 Å². The number of hydrogen-bond donors (Lipinski definition) is 3. The molecule has 0 aromatic heterocycles. The Morgan fingerprint density at radius 3 is 2.57 bits per heavy atom. The first kappa shape index (κ1) is 35.0. The first-order valence-electron chi connectivity index (χ1n) is 14.6. The number of fused-ring (bicyclic) bond motifs is 2. The van der Waals surface area contributed by atoms with Crippen molar-refractivity contribution >= 4 is 40.2 Å². The number of alkyl halides is 3. The number of anilines is 1. The van der Waals surface area contributed by atoms with E-state index in [4.69, 9.17) is 9.47 Å². The van der Waals surface area contributed by atoms with Gasteiger partial charge in [0.15, 0.2) is 5.75 Å². The molecule has 3 aromatic rings. The smallest absolute Gasteiger partial charge is 0.490 e. The normalized spacial score (nSPS) is 15.3. The van der Waals surface area contributed by atoms with Gasteiger partial charge in [-0.2, -0.15) is 13.2 Å². The Morgan fingerprint density at radius 1 is 1.17 bits per heavy atom. The van der Waals surface area contributed by atoms with Crippen LogP contribution in [-0.2, 0) is 20.9 Å². The highest BCUT2D eigenvalue weighted by Crippen LogP contribution is 2.39. The Hall–Kier alpha value is -4.89. The average molecular weight is 661 g/mol. The molecular weight excluding hydrogens is 625 g/mol. The third kappa shape index (κ3) is 7.92. The van der Waals surface area contributed by atoms with Gasteiger partial charge in [0.1, 0.15) is 25.0 Å². The number of halogens is 3. The lowest BCUT2D eigenvalue weighted by molar-refractivity contribution is -0.199. The summed E-state index contributed by atoms with van der Waals surface area (Å²) >= 11 is 0. The maximum atomic E-state index is 14.2. The maximum absolute atomic E-state index is 14.2. The highest BCUT2D eigenvalue weighted by atomic mass is 19.4. The van der Waals surface area contributed by atoms with E-state index in [0.717, 1.165) is 4.90 Å². The summed E-state index contributed by atoms with van der Waals surface area (Å²) in [5.74, 6) is -3.96. The molecule has 0 radical (unpaired) electrons. The van der Waals surface area contributed by atoms with E-state index in [-0.39, 0.29) is 54.2 Å². The molecule has 12 nitrogen and oxygen atoms in total. The number of methoxy groups -OCH3 is 1. The fourth-order valence-electron chi connectivity index (χ4n) is 5.02. The number of carbonyl (C=O) groups excluding carboxylic acids is 3. The SMILES string of the molecule is CN[C@@H](C)CN[C@H]1COc2c(C(=O)N(C)CCOC(=O)C(F)(F)F)cccc2N(Cc2c(OC)ccc3cc(C(=O)O)ccc23)C1=O. The molecule has 0 unspecified atom stereocenters. The Labute approximate surface area is 268 Å². The van der Waals surface area contributed by atoms with Crippen molar-refractivity contribution in [3.8, 4) is 11.5 Å². The van der Waals surface area contributed by atoms with Crippen LogP contribution in [0.15, 0.2) is 48.5 Å². The molecule has 2 atom stereocenters. The number of para-hydroxylation sites is 1. The number of esters is 1. The first-order valence-corrected chi connectivity index (χ1v) is 14.6. The molecule has 0 fully saturated rings. The van der Waals surface area contributed by atoms with Crippen LogP contribution in [0.4, 0.5) is 18.9 Å².